The van der Waals surface area contributed by atoms with Gasteiger partial charge >= 0.3 is 0 Å². The molecule has 8 nitrogen and oxygen atoms in total. The summed E-state index contributed by atoms with van der Waals surface area (Å²) in [6.07, 6.45) is 1.76. The van der Waals surface area contributed by atoms with E-state index in [0.717, 1.165) is 16.3 Å². The van der Waals surface area contributed by atoms with Crippen molar-refractivity contribution in [1.82, 2.24) is 5.16 Å². The zero-order valence-electron chi connectivity index (χ0n) is 21.1. The van der Waals surface area contributed by atoms with Crippen LogP contribution in [0.5, 0.6) is 5.88 Å². The van der Waals surface area contributed by atoms with Crippen LogP contribution in [0.25, 0.3) is 21.7 Å². The number of nitriles is 1. The normalized spacial score (nSPS) is 27.9. The molecule has 38 heavy (non-hydrogen) atoms. The molecule has 4 aromatic rings. The van der Waals surface area contributed by atoms with Crippen LogP contribution in [-0.2, 0) is 14.3 Å². The van der Waals surface area contributed by atoms with Gasteiger partial charge in [-0.15, -0.1) is 0 Å². The standard InChI is InChI=1S/C30H25N3O5/c1-17-6-5-9-20-25(17)37-32-26(20)36-15-14-30-13-12-29(2,38-30)23-24(30)28(35)33(27(23)34)22-11-10-18-7-3-4-8-19(18)21(22)16-31/h3-11,23-24H,12-15H2,1-2H3. The number of imide groups is 1. The monoisotopic (exact) mass is 507 g/mol. The molecule has 0 saturated carbocycles. The summed E-state index contributed by atoms with van der Waals surface area (Å²) in [7, 11) is 0. The maximum absolute atomic E-state index is 14.0. The lowest BCUT2D eigenvalue weighted by atomic mass is 9.67. The van der Waals surface area contributed by atoms with Crippen LogP contribution in [-0.4, -0.2) is 34.8 Å². The van der Waals surface area contributed by atoms with Gasteiger partial charge in [-0.25, -0.2) is 4.90 Å². The molecule has 0 spiro atoms. The molecule has 2 bridgehead atoms. The molecule has 4 unspecified atom stereocenters. The summed E-state index contributed by atoms with van der Waals surface area (Å²) in [4.78, 5) is 29.1. The third-order valence-electron chi connectivity index (χ3n) is 8.70. The molecule has 8 heteroatoms. The number of benzene rings is 3. The molecule has 3 aromatic carbocycles. The molecular weight excluding hydrogens is 482 g/mol. The SMILES string of the molecule is Cc1cccc2c(OCCC34CCC(C)(O3)C3C(=O)N(c5ccc6ccccc6c5C#N)C(=O)C34)noc12. The third kappa shape index (κ3) is 2.96. The average Bonchev–Trinajstić information content (AvgIpc) is 3.63. The Morgan fingerprint density at radius 3 is 2.68 bits per heavy atom. The topological polar surface area (TPSA) is 106 Å². The van der Waals surface area contributed by atoms with Gasteiger partial charge in [0.1, 0.15) is 6.07 Å². The lowest BCUT2D eigenvalue weighted by molar-refractivity contribution is -0.131. The molecule has 0 aliphatic carbocycles. The van der Waals surface area contributed by atoms with Crippen molar-refractivity contribution in [3.63, 3.8) is 0 Å². The minimum Gasteiger partial charge on any atom is -0.475 e. The smallest absolute Gasteiger partial charge is 0.262 e. The molecule has 3 aliphatic rings. The second-order valence-electron chi connectivity index (χ2n) is 10.8. The van der Waals surface area contributed by atoms with Crippen molar-refractivity contribution in [2.24, 2.45) is 11.8 Å². The van der Waals surface area contributed by atoms with Crippen molar-refractivity contribution in [1.29, 1.82) is 5.26 Å². The van der Waals surface area contributed by atoms with E-state index >= 15 is 0 Å². The summed E-state index contributed by atoms with van der Waals surface area (Å²) < 4.78 is 18.0. The number of para-hydroxylation sites is 1. The summed E-state index contributed by atoms with van der Waals surface area (Å²) in [5.74, 6) is -1.43. The molecule has 7 rings (SSSR count). The predicted octanol–water partition coefficient (Wildman–Crippen LogP) is 5.06. The van der Waals surface area contributed by atoms with Gasteiger partial charge in [0.05, 0.1) is 46.3 Å². The zero-order chi connectivity index (χ0) is 26.2. The number of hydrogen-bond donors (Lipinski definition) is 0. The third-order valence-corrected chi connectivity index (χ3v) is 8.70. The number of carbonyl (C=O) groups is 2. The van der Waals surface area contributed by atoms with Crippen LogP contribution in [0.3, 0.4) is 0 Å². The van der Waals surface area contributed by atoms with Gasteiger partial charge in [-0.3, -0.25) is 9.59 Å². The van der Waals surface area contributed by atoms with Gasteiger partial charge in [0.2, 0.25) is 11.8 Å². The lowest BCUT2D eigenvalue weighted by Crippen LogP contribution is -2.43. The van der Waals surface area contributed by atoms with Crippen molar-refractivity contribution in [3.8, 4) is 11.9 Å². The highest BCUT2D eigenvalue weighted by Gasteiger charge is 2.74. The second kappa shape index (κ2) is 7.89. The van der Waals surface area contributed by atoms with Gasteiger partial charge in [0, 0.05) is 11.8 Å². The summed E-state index contributed by atoms with van der Waals surface area (Å²) >= 11 is 0. The maximum Gasteiger partial charge on any atom is 0.262 e. The van der Waals surface area contributed by atoms with Crippen molar-refractivity contribution in [2.45, 2.75) is 44.3 Å². The zero-order valence-corrected chi connectivity index (χ0v) is 21.1. The van der Waals surface area contributed by atoms with E-state index in [1.165, 1.54) is 4.90 Å². The Morgan fingerprint density at radius 1 is 1.05 bits per heavy atom. The minimum atomic E-state index is -0.819. The summed E-state index contributed by atoms with van der Waals surface area (Å²) in [6.45, 7) is 4.13. The van der Waals surface area contributed by atoms with E-state index < -0.39 is 23.0 Å². The van der Waals surface area contributed by atoms with Gasteiger partial charge in [0.15, 0.2) is 5.58 Å². The van der Waals surface area contributed by atoms with E-state index in [9.17, 15) is 14.9 Å². The molecule has 3 aliphatic heterocycles. The number of rotatable bonds is 5. The highest BCUT2D eigenvalue weighted by atomic mass is 16.6. The first-order valence-electron chi connectivity index (χ1n) is 12.8. The van der Waals surface area contributed by atoms with E-state index in [1.807, 2.05) is 62.4 Å². The molecule has 4 atom stereocenters. The molecular formula is C30H25N3O5. The minimum absolute atomic E-state index is 0.260. The van der Waals surface area contributed by atoms with E-state index in [0.29, 0.717) is 47.4 Å². The van der Waals surface area contributed by atoms with Gasteiger partial charge in [-0.05, 0) is 54.9 Å². The van der Waals surface area contributed by atoms with Crippen LogP contribution in [0.15, 0.2) is 59.1 Å². The summed E-state index contributed by atoms with van der Waals surface area (Å²) in [6, 6.07) is 19.0. The Morgan fingerprint density at radius 2 is 1.84 bits per heavy atom. The number of aromatic nitrogens is 1. The summed E-state index contributed by atoms with van der Waals surface area (Å²) in [5.41, 5.74) is 0.760. The highest BCUT2D eigenvalue weighted by Crippen LogP contribution is 2.62. The molecule has 3 fully saturated rings. The van der Waals surface area contributed by atoms with Crippen LogP contribution < -0.4 is 9.64 Å². The van der Waals surface area contributed by atoms with Gasteiger partial charge in [-0.1, -0.05) is 42.5 Å². The molecule has 4 heterocycles. The Balaban J connectivity index is 1.20. The van der Waals surface area contributed by atoms with Crippen molar-refractivity contribution < 1.29 is 23.6 Å². The fourth-order valence-corrected chi connectivity index (χ4v) is 6.91. The van der Waals surface area contributed by atoms with Gasteiger partial charge in [-0.2, -0.15) is 5.26 Å². The van der Waals surface area contributed by atoms with Crippen LogP contribution in [0.1, 0.15) is 37.3 Å². The molecule has 0 radical (unpaired) electrons. The quantitative estimate of drug-likeness (QED) is 0.348. The van der Waals surface area contributed by atoms with Gasteiger partial charge < -0.3 is 14.0 Å². The maximum atomic E-state index is 14.0. The Bertz CT molecular complexity index is 1700. The first-order valence-corrected chi connectivity index (χ1v) is 12.8. The Hall–Kier alpha value is -4.22. The van der Waals surface area contributed by atoms with Crippen molar-refractivity contribution in [3.05, 3.63) is 65.7 Å². The molecule has 0 N–H and O–H groups in total. The number of aryl methyl sites for hydroxylation is 1. The van der Waals surface area contributed by atoms with Crippen LogP contribution in [0.2, 0.25) is 0 Å². The first-order chi connectivity index (χ1) is 18.4. The number of ether oxygens (including phenoxy) is 2. The predicted molar refractivity (Wildman–Crippen MR) is 138 cm³/mol. The Kier molecular flexibility index (Phi) is 4.76. The van der Waals surface area contributed by atoms with Gasteiger partial charge in [0.25, 0.3) is 5.88 Å². The Labute approximate surface area is 218 Å². The number of nitrogens with zero attached hydrogens (tertiary/aromatic N) is 3. The van der Waals surface area contributed by atoms with Crippen molar-refractivity contribution in [2.75, 3.05) is 11.5 Å². The molecule has 2 amide bonds. The van der Waals surface area contributed by atoms with E-state index in [-0.39, 0.29) is 18.4 Å². The van der Waals surface area contributed by atoms with E-state index in [1.54, 1.807) is 6.07 Å². The fraction of sp³-hybridized carbons (Fsp3) is 0.333. The van der Waals surface area contributed by atoms with Crippen LogP contribution in [0, 0.1) is 30.1 Å². The number of fused-ring (bicyclic) bond motifs is 7. The van der Waals surface area contributed by atoms with E-state index in [2.05, 4.69) is 11.2 Å². The molecule has 3 saturated heterocycles. The van der Waals surface area contributed by atoms with Crippen LogP contribution in [0.4, 0.5) is 5.69 Å². The number of anilines is 1. The molecule has 190 valence electrons. The van der Waals surface area contributed by atoms with Crippen LogP contribution >= 0.6 is 0 Å². The number of carbonyl (C=O) groups excluding carboxylic acids is 2. The molecule has 1 aromatic heterocycles. The highest BCUT2D eigenvalue weighted by molar-refractivity contribution is 6.24. The summed E-state index contributed by atoms with van der Waals surface area (Å²) in [5, 5.41) is 16.5. The number of amides is 2. The largest absolute Gasteiger partial charge is 0.475 e. The number of hydrogen-bond acceptors (Lipinski definition) is 7. The lowest BCUT2D eigenvalue weighted by Gasteiger charge is -2.31. The van der Waals surface area contributed by atoms with Crippen molar-refractivity contribution >= 4 is 39.2 Å². The van der Waals surface area contributed by atoms with E-state index in [4.69, 9.17) is 14.0 Å². The average molecular weight is 508 g/mol. The fourth-order valence-electron chi connectivity index (χ4n) is 6.91. The first kappa shape index (κ1) is 22.9. The second-order valence-corrected chi connectivity index (χ2v) is 10.8.